The minimum atomic E-state index is -0.837. The predicted molar refractivity (Wildman–Crippen MR) is 50.3 cm³/mol. The monoisotopic (exact) mass is 190 g/mol. The number of thiocarbonyl (C=S) groups is 1. The van der Waals surface area contributed by atoms with E-state index >= 15 is 0 Å². The van der Waals surface area contributed by atoms with Gasteiger partial charge >= 0.3 is 5.97 Å². The number of carboxylic acid groups (broad SMARTS) is 1. The molecule has 0 rings (SSSR count). The smallest absolute Gasteiger partial charge is 0.303 e. The molecule has 0 atom stereocenters. The highest BCUT2D eigenvalue weighted by atomic mass is 32.1. The van der Waals surface area contributed by atoms with Gasteiger partial charge in [-0.2, -0.15) is 0 Å². The highest BCUT2D eigenvalue weighted by molar-refractivity contribution is 7.80. The summed E-state index contributed by atoms with van der Waals surface area (Å²) >= 11 is 4.80. The molecule has 0 heterocycles. The average molecular weight is 190 g/mol. The number of aliphatic carboxylic acids is 1. The molecule has 0 saturated carbocycles. The summed E-state index contributed by atoms with van der Waals surface area (Å²) in [6.45, 7) is 2.67. The minimum Gasteiger partial charge on any atom is -0.487 e. The first-order chi connectivity index (χ1) is 5.66. The Morgan fingerprint density at radius 2 is 2.17 bits per heavy atom. The molecule has 0 saturated heterocycles. The number of carbonyl (C=O) groups is 1. The van der Waals surface area contributed by atoms with Gasteiger partial charge in [0.1, 0.15) is 0 Å². The highest BCUT2D eigenvalue weighted by Gasteiger charge is 2.01. The van der Waals surface area contributed by atoms with Gasteiger partial charge < -0.3 is 9.84 Å². The minimum absolute atomic E-state index is 0.0605. The van der Waals surface area contributed by atoms with Gasteiger partial charge in [0.25, 0.3) is 0 Å². The van der Waals surface area contributed by atoms with E-state index in [0.717, 1.165) is 12.8 Å². The van der Waals surface area contributed by atoms with Crippen LogP contribution >= 0.6 is 12.2 Å². The van der Waals surface area contributed by atoms with Gasteiger partial charge in [-0.05, 0) is 18.6 Å². The molecule has 70 valence electrons. The molecule has 3 nitrogen and oxygen atoms in total. The van der Waals surface area contributed by atoms with E-state index in [0.29, 0.717) is 18.1 Å². The molecule has 0 aromatic rings. The summed E-state index contributed by atoms with van der Waals surface area (Å²) in [6, 6.07) is 0. The number of hydrogen-bond donors (Lipinski definition) is 1. The molecule has 1 N–H and O–H groups in total. The van der Waals surface area contributed by atoms with Crippen molar-refractivity contribution in [2.45, 2.75) is 32.6 Å². The van der Waals surface area contributed by atoms with Gasteiger partial charge in [0.05, 0.1) is 13.0 Å². The molecule has 0 unspecified atom stereocenters. The zero-order chi connectivity index (χ0) is 9.40. The van der Waals surface area contributed by atoms with Crippen LogP contribution in [0.5, 0.6) is 0 Å². The summed E-state index contributed by atoms with van der Waals surface area (Å²) in [4.78, 5) is 10.1. The Morgan fingerprint density at radius 1 is 1.50 bits per heavy atom. The Labute approximate surface area is 77.7 Å². The summed E-state index contributed by atoms with van der Waals surface area (Å²) in [5.74, 6) is -0.837. The second-order valence-corrected chi connectivity index (χ2v) is 2.92. The quantitative estimate of drug-likeness (QED) is 0.514. The third-order valence-corrected chi connectivity index (χ3v) is 1.63. The van der Waals surface area contributed by atoms with E-state index in [-0.39, 0.29) is 6.42 Å². The third-order valence-electron chi connectivity index (χ3n) is 1.30. The van der Waals surface area contributed by atoms with Gasteiger partial charge in [0, 0.05) is 6.42 Å². The molecule has 0 aromatic carbocycles. The van der Waals surface area contributed by atoms with E-state index in [1.807, 2.05) is 0 Å². The van der Waals surface area contributed by atoms with Crippen LogP contribution in [0.25, 0.3) is 0 Å². The lowest BCUT2D eigenvalue weighted by Gasteiger charge is -2.04. The first-order valence-electron chi connectivity index (χ1n) is 4.04. The third kappa shape index (κ3) is 7.47. The second-order valence-electron chi connectivity index (χ2n) is 2.47. The van der Waals surface area contributed by atoms with Crippen LogP contribution < -0.4 is 0 Å². The molecule has 0 bridgehead atoms. The zero-order valence-corrected chi connectivity index (χ0v) is 8.02. The van der Waals surface area contributed by atoms with Crippen LogP contribution in [-0.2, 0) is 9.53 Å². The van der Waals surface area contributed by atoms with Crippen molar-refractivity contribution in [1.29, 1.82) is 0 Å². The van der Waals surface area contributed by atoms with Gasteiger partial charge in [0.2, 0.25) is 0 Å². The first kappa shape index (κ1) is 11.4. The van der Waals surface area contributed by atoms with E-state index in [1.165, 1.54) is 0 Å². The van der Waals surface area contributed by atoms with Gasteiger partial charge in [-0.1, -0.05) is 13.3 Å². The maximum absolute atomic E-state index is 10.1. The summed E-state index contributed by atoms with van der Waals surface area (Å²) in [7, 11) is 0. The van der Waals surface area contributed by atoms with Crippen molar-refractivity contribution in [2.24, 2.45) is 0 Å². The summed E-state index contributed by atoms with van der Waals surface area (Å²) in [5, 5.41) is 8.73. The van der Waals surface area contributed by atoms with Crippen molar-refractivity contribution in [3.63, 3.8) is 0 Å². The molecular formula is C8H14O3S. The molecule has 0 aliphatic carbocycles. The number of rotatable bonds is 6. The van der Waals surface area contributed by atoms with Crippen LogP contribution in [0, 0.1) is 0 Å². The molecule has 0 fully saturated rings. The standard InChI is InChI=1S/C8H14O3S/c1-2-3-6-11-8(12)5-4-7(9)10/h2-6H2,1H3,(H,9,10). The van der Waals surface area contributed by atoms with Gasteiger partial charge in [-0.3, -0.25) is 4.79 Å². The molecule has 0 radical (unpaired) electrons. The number of hydrogen-bond acceptors (Lipinski definition) is 3. The van der Waals surface area contributed by atoms with E-state index < -0.39 is 5.97 Å². The fourth-order valence-electron chi connectivity index (χ4n) is 0.612. The molecule has 0 aliphatic rings. The summed E-state index contributed by atoms with van der Waals surface area (Å²) in [6.07, 6.45) is 2.42. The lowest BCUT2D eigenvalue weighted by atomic mass is 10.3. The Kier molecular flexibility index (Phi) is 6.66. The SMILES string of the molecule is CCCCOC(=S)CCC(=O)O. The van der Waals surface area contributed by atoms with Crippen LogP contribution in [0.1, 0.15) is 32.6 Å². The lowest BCUT2D eigenvalue weighted by molar-refractivity contribution is -0.136. The second kappa shape index (κ2) is 7.03. The van der Waals surface area contributed by atoms with Gasteiger partial charge in [-0.15, -0.1) is 0 Å². The maximum Gasteiger partial charge on any atom is 0.303 e. The van der Waals surface area contributed by atoms with Crippen LogP contribution in [-0.4, -0.2) is 22.7 Å². The van der Waals surface area contributed by atoms with Crippen molar-refractivity contribution < 1.29 is 14.6 Å². The Morgan fingerprint density at radius 3 is 2.67 bits per heavy atom. The highest BCUT2D eigenvalue weighted by Crippen LogP contribution is 1.97. The molecule has 4 heteroatoms. The lowest BCUT2D eigenvalue weighted by Crippen LogP contribution is -2.06. The van der Waals surface area contributed by atoms with Crippen LogP contribution in [0.15, 0.2) is 0 Å². The van der Waals surface area contributed by atoms with Crippen molar-refractivity contribution in [3.05, 3.63) is 0 Å². The van der Waals surface area contributed by atoms with Crippen molar-refractivity contribution in [2.75, 3.05) is 6.61 Å². The summed E-state index contributed by atoms with van der Waals surface area (Å²) < 4.78 is 5.10. The molecule has 0 aliphatic heterocycles. The van der Waals surface area contributed by atoms with Crippen LogP contribution in [0.2, 0.25) is 0 Å². The average Bonchev–Trinajstić information content (AvgIpc) is 2.01. The maximum atomic E-state index is 10.1. The van der Waals surface area contributed by atoms with Crippen molar-refractivity contribution >= 4 is 23.2 Å². The Bertz CT molecular complexity index is 156. The van der Waals surface area contributed by atoms with Crippen molar-refractivity contribution in [1.82, 2.24) is 0 Å². The molecule has 12 heavy (non-hydrogen) atoms. The number of carboxylic acids is 1. The van der Waals surface area contributed by atoms with E-state index in [1.54, 1.807) is 0 Å². The summed E-state index contributed by atoms with van der Waals surface area (Å²) in [5.41, 5.74) is 0. The topological polar surface area (TPSA) is 46.5 Å². The number of unbranched alkanes of at least 4 members (excludes halogenated alkanes) is 1. The molecule has 0 spiro atoms. The zero-order valence-electron chi connectivity index (χ0n) is 7.21. The fourth-order valence-corrected chi connectivity index (χ4v) is 0.797. The van der Waals surface area contributed by atoms with Gasteiger partial charge in [0.15, 0.2) is 5.05 Å². The van der Waals surface area contributed by atoms with Crippen LogP contribution in [0.4, 0.5) is 0 Å². The van der Waals surface area contributed by atoms with Crippen LogP contribution in [0.3, 0.4) is 0 Å². The van der Waals surface area contributed by atoms with E-state index in [2.05, 4.69) is 6.92 Å². The number of ether oxygens (including phenoxy) is 1. The fraction of sp³-hybridized carbons (Fsp3) is 0.750. The van der Waals surface area contributed by atoms with E-state index in [9.17, 15) is 4.79 Å². The normalized spacial score (nSPS) is 9.42. The van der Waals surface area contributed by atoms with Gasteiger partial charge in [-0.25, -0.2) is 0 Å². The molecule has 0 aromatic heterocycles. The first-order valence-corrected chi connectivity index (χ1v) is 4.45. The molecular weight excluding hydrogens is 176 g/mol. The predicted octanol–water partition coefficient (Wildman–Crippen LogP) is 2.00. The van der Waals surface area contributed by atoms with E-state index in [4.69, 9.17) is 22.1 Å². The Hall–Kier alpha value is -0.640. The van der Waals surface area contributed by atoms with Crippen molar-refractivity contribution in [3.8, 4) is 0 Å². The molecule has 0 amide bonds. The largest absolute Gasteiger partial charge is 0.487 e. The Balaban J connectivity index is 3.28.